The Kier molecular flexibility index (Phi) is 8.30. The van der Waals surface area contributed by atoms with Gasteiger partial charge in [-0.15, -0.1) is 0 Å². The first-order chi connectivity index (χ1) is 16.4. The standard InChI is InChI=1S/C23H18BrN3O7/c1-32-21-11-15(9-10-20(21)34-23(29)16-5-4-6-17(24)12-16)13-25-26-22(28)14-33-19-8-3-2-7-18(19)27(30)31/h2-13H,14H2,1H3,(H,26,28)/b25-13+. The van der Waals surface area contributed by atoms with Gasteiger partial charge in [-0.25, -0.2) is 10.2 Å². The van der Waals surface area contributed by atoms with Crippen molar-refractivity contribution in [2.75, 3.05) is 13.7 Å². The largest absolute Gasteiger partial charge is 0.493 e. The number of nitrogens with zero attached hydrogens (tertiary/aromatic N) is 2. The SMILES string of the molecule is COc1cc(/C=N/NC(=O)COc2ccccc2[N+](=O)[O-])ccc1OC(=O)c1cccc(Br)c1. The van der Waals surface area contributed by atoms with E-state index in [1.165, 1.54) is 37.6 Å². The van der Waals surface area contributed by atoms with Gasteiger partial charge in [0.1, 0.15) is 0 Å². The van der Waals surface area contributed by atoms with E-state index in [9.17, 15) is 19.7 Å². The van der Waals surface area contributed by atoms with Crippen molar-refractivity contribution in [3.63, 3.8) is 0 Å². The summed E-state index contributed by atoms with van der Waals surface area (Å²) in [6.45, 7) is -0.462. The summed E-state index contributed by atoms with van der Waals surface area (Å²) >= 11 is 3.31. The first kappa shape index (κ1) is 24.4. The van der Waals surface area contributed by atoms with Crippen LogP contribution in [0.2, 0.25) is 0 Å². The second kappa shape index (κ2) is 11.6. The number of amides is 1. The van der Waals surface area contributed by atoms with E-state index in [-0.39, 0.29) is 17.2 Å². The third-order valence-corrected chi connectivity index (χ3v) is 4.77. The summed E-state index contributed by atoms with van der Waals surface area (Å²) < 4.78 is 16.6. The number of nitro benzene ring substituents is 1. The van der Waals surface area contributed by atoms with Crippen LogP contribution in [0.3, 0.4) is 0 Å². The molecule has 0 bridgehead atoms. The van der Waals surface area contributed by atoms with Gasteiger partial charge in [-0.1, -0.05) is 34.1 Å². The number of benzene rings is 3. The molecule has 0 atom stereocenters. The minimum absolute atomic E-state index is 0.0237. The molecule has 0 aliphatic carbocycles. The molecule has 0 heterocycles. The third-order valence-electron chi connectivity index (χ3n) is 4.27. The highest BCUT2D eigenvalue weighted by atomic mass is 79.9. The Morgan fingerprint density at radius 3 is 2.59 bits per heavy atom. The van der Waals surface area contributed by atoms with Gasteiger partial charge < -0.3 is 14.2 Å². The summed E-state index contributed by atoms with van der Waals surface area (Å²) in [4.78, 5) is 34.7. The number of para-hydroxylation sites is 2. The van der Waals surface area contributed by atoms with Gasteiger partial charge in [0, 0.05) is 10.5 Å². The summed E-state index contributed by atoms with van der Waals surface area (Å²) in [5.74, 6) is -0.679. The number of rotatable bonds is 9. The summed E-state index contributed by atoms with van der Waals surface area (Å²) in [5.41, 5.74) is 2.95. The maximum absolute atomic E-state index is 12.4. The Balaban J connectivity index is 1.58. The van der Waals surface area contributed by atoms with Gasteiger partial charge in [-0.05, 0) is 48.0 Å². The molecule has 0 aliphatic heterocycles. The lowest BCUT2D eigenvalue weighted by Crippen LogP contribution is -2.24. The molecule has 34 heavy (non-hydrogen) atoms. The van der Waals surface area contributed by atoms with E-state index < -0.39 is 23.4 Å². The number of methoxy groups -OCH3 is 1. The molecule has 174 valence electrons. The Morgan fingerprint density at radius 1 is 1.06 bits per heavy atom. The van der Waals surface area contributed by atoms with Gasteiger partial charge in [-0.2, -0.15) is 5.10 Å². The first-order valence-corrected chi connectivity index (χ1v) is 10.5. The predicted molar refractivity (Wildman–Crippen MR) is 126 cm³/mol. The van der Waals surface area contributed by atoms with Crippen LogP contribution >= 0.6 is 15.9 Å². The van der Waals surface area contributed by atoms with Crippen LogP contribution < -0.4 is 19.6 Å². The van der Waals surface area contributed by atoms with E-state index in [0.717, 1.165) is 4.47 Å². The average molecular weight is 528 g/mol. The zero-order valence-electron chi connectivity index (χ0n) is 17.8. The number of carbonyl (C=O) groups is 2. The quantitative estimate of drug-likeness (QED) is 0.145. The van der Waals surface area contributed by atoms with Crippen LogP contribution in [-0.4, -0.2) is 36.7 Å². The number of nitro groups is 1. The molecular formula is C23H18BrN3O7. The van der Waals surface area contributed by atoms with E-state index in [1.807, 2.05) is 0 Å². The first-order valence-electron chi connectivity index (χ1n) is 9.71. The molecule has 3 aromatic carbocycles. The Morgan fingerprint density at radius 2 is 1.85 bits per heavy atom. The van der Waals surface area contributed by atoms with Crippen LogP contribution in [0.1, 0.15) is 15.9 Å². The number of halogens is 1. The van der Waals surface area contributed by atoms with Crippen molar-refractivity contribution < 1.29 is 28.7 Å². The number of nitrogens with one attached hydrogen (secondary N) is 1. The zero-order valence-corrected chi connectivity index (χ0v) is 19.4. The minimum atomic E-state index is -0.610. The van der Waals surface area contributed by atoms with E-state index in [0.29, 0.717) is 16.9 Å². The molecule has 0 unspecified atom stereocenters. The zero-order chi connectivity index (χ0) is 24.5. The maximum Gasteiger partial charge on any atom is 0.343 e. The maximum atomic E-state index is 12.4. The van der Waals surface area contributed by atoms with Crippen LogP contribution in [0.25, 0.3) is 0 Å². The minimum Gasteiger partial charge on any atom is -0.493 e. The molecule has 1 amide bonds. The van der Waals surface area contributed by atoms with Crippen LogP contribution in [-0.2, 0) is 4.79 Å². The van der Waals surface area contributed by atoms with Gasteiger partial charge in [-0.3, -0.25) is 14.9 Å². The molecule has 0 aromatic heterocycles. The fraction of sp³-hybridized carbons (Fsp3) is 0.0870. The van der Waals surface area contributed by atoms with Crippen LogP contribution in [0.15, 0.2) is 76.3 Å². The summed E-state index contributed by atoms with van der Waals surface area (Å²) in [6, 6.07) is 17.2. The van der Waals surface area contributed by atoms with Crippen molar-refractivity contribution in [2.45, 2.75) is 0 Å². The topological polar surface area (TPSA) is 129 Å². The molecule has 0 fully saturated rings. The van der Waals surface area contributed by atoms with E-state index >= 15 is 0 Å². The molecule has 0 aliphatic rings. The fourth-order valence-corrected chi connectivity index (χ4v) is 3.11. The van der Waals surface area contributed by atoms with Crippen LogP contribution in [0.5, 0.6) is 17.2 Å². The third kappa shape index (κ3) is 6.62. The van der Waals surface area contributed by atoms with Gasteiger partial charge in [0.2, 0.25) is 0 Å². The lowest BCUT2D eigenvalue weighted by atomic mass is 10.2. The van der Waals surface area contributed by atoms with E-state index in [2.05, 4.69) is 26.5 Å². The summed E-state index contributed by atoms with van der Waals surface area (Å²) in [6.07, 6.45) is 1.35. The smallest absolute Gasteiger partial charge is 0.343 e. The molecule has 11 heteroatoms. The molecule has 0 saturated heterocycles. The highest BCUT2D eigenvalue weighted by Crippen LogP contribution is 2.29. The van der Waals surface area contributed by atoms with Crippen molar-refractivity contribution >= 4 is 39.7 Å². The summed E-state index contributed by atoms with van der Waals surface area (Å²) in [5, 5.41) is 14.8. The number of hydrogen-bond acceptors (Lipinski definition) is 8. The number of esters is 1. The molecular weight excluding hydrogens is 510 g/mol. The predicted octanol–water partition coefficient (Wildman–Crippen LogP) is 4.11. The number of hydrazone groups is 1. The molecule has 0 spiro atoms. The monoisotopic (exact) mass is 527 g/mol. The van der Waals surface area contributed by atoms with Gasteiger partial charge >= 0.3 is 11.7 Å². The van der Waals surface area contributed by atoms with Gasteiger partial charge in [0.15, 0.2) is 23.9 Å². The van der Waals surface area contributed by atoms with Crippen molar-refractivity contribution in [3.8, 4) is 17.2 Å². The van der Waals surface area contributed by atoms with Gasteiger partial charge in [0.25, 0.3) is 5.91 Å². The summed E-state index contributed by atoms with van der Waals surface area (Å²) in [7, 11) is 1.43. The molecule has 1 N–H and O–H groups in total. The molecule has 0 radical (unpaired) electrons. The molecule has 0 saturated carbocycles. The Hall–Kier alpha value is -4.25. The van der Waals surface area contributed by atoms with E-state index in [1.54, 1.807) is 42.5 Å². The molecule has 3 aromatic rings. The van der Waals surface area contributed by atoms with Crippen molar-refractivity contribution in [1.29, 1.82) is 0 Å². The van der Waals surface area contributed by atoms with Crippen LogP contribution in [0, 0.1) is 10.1 Å². The number of carbonyl (C=O) groups excluding carboxylic acids is 2. The van der Waals surface area contributed by atoms with E-state index in [4.69, 9.17) is 14.2 Å². The Bertz CT molecular complexity index is 1250. The van der Waals surface area contributed by atoms with Crippen molar-refractivity contribution in [3.05, 3.63) is 92.4 Å². The lowest BCUT2D eigenvalue weighted by Gasteiger charge is -2.10. The highest BCUT2D eigenvalue weighted by molar-refractivity contribution is 9.10. The number of hydrogen-bond donors (Lipinski definition) is 1. The van der Waals surface area contributed by atoms with Crippen molar-refractivity contribution in [1.82, 2.24) is 5.43 Å². The fourth-order valence-electron chi connectivity index (χ4n) is 2.71. The average Bonchev–Trinajstić information content (AvgIpc) is 2.83. The van der Waals surface area contributed by atoms with Crippen molar-refractivity contribution in [2.24, 2.45) is 5.10 Å². The normalized spacial score (nSPS) is 10.5. The second-order valence-corrected chi connectivity index (χ2v) is 7.53. The van der Waals surface area contributed by atoms with Crippen LogP contribution in [0.4, 0.5) is 5.69 Å². The molecule has 3 rings (SSSR count). The molecule has 10 nitrogen and oxygen atoms in total. The lowest BCUT2D eigenvalue weighted by molar-refractivity contribution is -0.385. The van der Waals surface area contributed by atoms with Gasteiger partial charge in [0.05, 0.1) is 23.8 Å². The highest BCUT2D eigenvalue weighted by Gasteiger charge is 2.15. The second-order valence-electron chi connectivity index (χ2n) is 6.62. The number of ether oxygens (including phenoxy) is 3. The Labute approximate surface area is 202 Å².